The standard InChI is InChI=1S/C19H18N6O4/c1-13-21-22-23-25(13)16(11-14-7-4-3-5-8-14)19(28)29-12-17(26)20-18(27)15-9-6-10-24(15)2/h3-11H,12H2,1-2H3,(H,20,26,27)/b16-11+. The van der Waals surface area contributed by atoms with Crippen molar-refractivity contribution >= 4 is 29.6 Å². The van der Waals surface area contributed by atoms with Crippen molar-refractivity contribution in [2.75, 3.05) is 6.61 Å². The number of carbonyl (C=O) groups is 3. The summed E-state index contributed by atoms with van der Waals surface area (Å²) in [5.41, 5.74) is 1.05. The number of amides is 2. The lowest BCUT2D eigenvalue weighted by molar-refractivity contribution is -0.143. The van der Waals surface area contributed by atoms with Gasteiger partial charge in [0.15, 0.2) is 18.1 Å². The highest BCUT2D eigenvalue weighted by Gasteiger charge is 2.20. The number of aryl methyl sites for hydroxylation is 2. The van der Waals surface area contributed by atoms with E-state index in [1.54, 1.807) is 55.1 Å². The van der Waals surface area contributed by atoms with Crippen molar-refractivity contribution < 1.29 is 19.1 Å². The highest BCUT2D eigenvalue weighted by Crippen LogP contribution is 2.13. The van der Waals surface area contributed by atoms with Gasteiger partial charge in [0.25, 0.3) is 11.8 Å². The second-order valence-electron chi connectivity index (χ2n) is 6.04. The predicted octanol–water partition coefficient (Wildman–Crippen LogP) is 0.818. The van der Waals surface area contributed by atoms with Gasteiger partial charge >= 0.3 is 5.97 Å². The summed E-state index contributed by atoms with van der Waals surface area (Å²) in [7, 11) is 1.68. The number of hydrogen-bond donors (Lipinski definition) is 1. The Morgan fingerprint density at radius 3 is 2.52 bits per heavy atom. The number of esters is 1. The first-order chi connectivity index (χ1) is 14.0. The average Bonchev–Trinajstić information content (AvgIpc) is 3.33. The van der Waals surface area contributed by atoms with Crippen molar-refractivity contribution in [3.63, 3.8) is 0 Å². The summed E-state index contributed by atoms with van der Waals surface area (Å²) in [6.07, 6.45) is 3.22. The van der Waals surface area contributed by atoms with Gasteiger partial charge in [-0.2, -0.15) is 4.68 Å². The number of nitrogens with zero attached hydrogens (tertiary/aromatic N) is 5. The minimum atomic E-state index is -0.814. The highest BCUT2D eigenvalue weighted by atomic mass is 16.5. The minimum Gasteiger partial charge on any atom is -0.451 e. The lowest BCUT2D eigenvalue weighted by Gasteiger charge is -2.09. The van der Waals surface area contributed by atoms with Gasteiger partial charge in [0.2, 0.25) is 0 Å². The van der Waals surface area contributed by atoms with Crippen LogP contribution in [0.1, 0.15) is 21.9 Å². The van der Waals surface area contributed by atoms with Crippen LogP contribution < -0.4 is 5.32 Å². The second-order valence-corrected chi connectivity index (χ2v) is 6.04. The summed E-state index contributed by atoms with van der Waals surface area (Å²) in [5.74, 6) is -1.79. The maximum atomic E-state index is 12.6. The molecule has 148 valence electrons. The van der Waals surface area contributed by atoms with E-state index in [0.29, 0.717) is 11.5 Å². The number of nitrogens with one attached hydrogen (secondary N) is 1. The van der Waals surface area contributed by atoms with Crippen LogP contribution in [0.25, 0.3) is 11.8 Å². The number of ether oxygens (including phenoxy) is 1. The summed E-state index contributed by atoms with van der Waals surface area (Å²) < 4.78 is 7.85. The molecule has 3 aromatic rings. The summed E-state index contributed by atoms with van der Waals surface area (Å²) in [4.78, 5) is 36.7. The molecule has 10 heteroatoms. The molecule has 0 unspecified atom stereocenters. The summed E-state index contributed by atoms with van der Waals surface area (Å²) in [6.45, 7) is 0.986. The molecule has 2 heterocycles. The van der Waals surface area contributed by atoms with Gasteiger partial charge in [-0.1, -0.05) is 30.3 Å². The zero-order chi connectivity index (χ0) is 20.8. The third-order valence-electron chi connectivity index (χ3n) is 3.93. The Morgan fingerprint density at radius 1 is 1.14 bits per heavy atom. The molecule has 2 aromatic heterocycles. The molecule has 0 saturated carbocycles. The summed E-state index contributed by atoms with van der Waals surface area (Å²) in [5, 5.41) is 13.2. The van der Waals surface area contributed by atoms with E-state index in [-0.39, 0.29) is 5.70 Å². The molecule has 0 spiro atoms. The molecule has 0 fully saturated rings. The van der Waals surface area contributed by atoms with Crippen LogP contribution >= 0.6 is 0 Å². The molecule has 2 amide bonds. The van der Waals surface area contributed by atoms with Gasteiger partial charge in [-0.15, -0.1) is 5.10 Å². The van der Waals surface area contributed by atoms with E-state index in [4.69, 9.17) is 4.74 Å². The fourth-order valence-corrected chi connectivity index (χ4v) is 2.50. The number of imide groups is 1. The topological polar surface area (TPSA) is 121 Å². The second kappa shape index (κ2) is 8.74. The monoisotopic (exact) mass is 394 g/mol. The van der Waals surface area contributed by atoms with Gasteiger partial charge in [0.1, 0.15) is 5.69 Å². The molecule has 0 aliphatic rings. The third-order valence-corrected chi connectivity index (χ3v) is 3.93. The first-order valence-corrected chi connectivity index (χ1v) is 8.60. The number of rotatable bonds is 6. The van der Waals surface area contributed by atoms with Gasteiger partial charge in [0.05, 0.1) is 0 Å². The fourth-order valence-electron chi connectivity index (χ4n) is 2.50. The Labute approximate surface area is 165 Å². The maximum Gasteiger partial charge on any atom is 0.357 e. The molecule has 0 bridgehead atoms. The zero-order valence-electron chi connectivity index (χ0n) is 15.8. The normalized spacial score (nSPS) is 11.2. The molecule has 0 atom stereocenters. The first-order valence-electron chi connectivity index (χ1n) is 8.60. The number of tetrazole rings is 1. The Kier molecular flexibility index (Phi) is 5.93. The minimum absolute atomic E-state index is 0.0280. The number of aromatic nitrogens is 5. The molecule has 29 heavy (non-hydrogen) atoms. The van der Waals surface area contributed by atoms with E-state index in [9.17, 15) is 14.4 Å². The Bertz CT molecular complexity index is 1070. The molecule has 1 N–H and O–H groups in total. The van der Waals surface area contributed by atoms with E-state index in [1.165, 1.54) is 4.68 Å². The predicted molar refractivity (Wildman–Crippen MR) is 102 cm³/mol. The lowest BCUT2D eigenvalue weighted by Crippen LogP contribution is -2.35. The van der Waals surface area contributed by atoms with Crippen molar-refractivity contribution in [2.24, 2.45) is 7.05 Å². The van der Waals surface area contributed by atoms with E-state index in [0.717, 1.165) is 5.56 Å². The van der Waals surface area contributed by atoms with Crippen LogP contribution in [0.5, 0.6) is 0 Å². The molecule has 0 aliphatic carbocycles. The van der Waals surface area contributed by atoms with Crippen molar-refractivity contribution in [2.45, 2.75) is 6.92 Å². The van der Waals surface area contributed by atoms with Crippen LogP contribution in [0.3, 0.4) is 0 Å². The SMILES string of the molecule is Cc1nnnn1/C(=C/c1ccccc1)C(=O)OCC(=O)NC(=O)c1cccn1C. The first kappa shape index (κ1) is 19.7. The van der Waals surface area contributed by atoms with E-state index in [1.807, 2.05) is 18.2 Å². The molecular weight excluding hydrogens is 376 g/mol. The summed E-state index contributed by atoms with van der Waals surface area (Å²) >= 11 is 0. The molecule has 0 aliphatic heterocycles. The number of hydrogen-bond acceptors (Lipinski definition) is 7. The summed E-state index contributed by atoms with van der Waals surface area (Å²) in [6, 6.07) is 12.3. The van der Waals surface area contributed by atoms with Gasteiger partial charge in [-0.3, -0.25) is 14.9 Å². The smallest absolute Gasteiger partial charge is 0.357 e. The van der Waals surface area contributed by atoms with E-state index < -0.39 is 24.4 Å². The molecule has 10 nitrogen and oxygen atoms in total. The molecule has 0 saturated heterocycles. The molecule has 3 rings (SSSR count). The number of benzene rings is 1. The van der Waals surface area contributed by atoms with Crippen LogP contribution in [0.2, 0.25) is 0 Å². The van der Waals surface area contributed by atoms with Gasteiger partial charge in [0, 0.05) is 13.2 Å². The fraction of sp³-hybridized carbons (Fsp3) is 0.158. The van der Waals surface area contributed by atoms with Crippen LogP contribution in [0, 0.1) is 6.92 Å². The van der Waals surface area contributed by atoms with Crippen LogP contribution in [0.15, 0.2) is 48.7 Å². The molecular formula is C19H18N6O4. The average molecular weight is 394 g/mol. The van der Waals surface area contributed by atoms with Crippen LogP contribution in [0.4, 0.5) is 0 Å². The van der Waals surface area contributed by atoms with Crippen LogP contribution in [-0.4, -0.2) is 49.2 Å². The molecule has 1 aromatic carbocycles. The lowest BCUT2D eigenvalue weighted by atomic mass is 10.2. The Balaban J connectivity index is 1.70. The van der Waals surface area contributed by atoms with Crippen molar-refractivity contribution in [1.29, 1.82) is 0 Å². The van der Waals surface area contributed by atoms with Gasteiger partial charge in [-0.25, -0.2) is 4.79 Å². The van der Waals surface area contributed by atoms with Crippen molar-refractivity contribution in [1.82, 2.24) is 30.1 Å². The van der Waals surface area contributed by atoms with Gasteiger partial charge < -0.3 is 9.30 Å². The Morgan fingerprint density at radius 2 is 1.90 bits per heavy atom. The zero-order valence-corrected chi connectivity index (χ0v) is 15.8. The van der Waals surface area contributed by atoms with Crippen LogP contribution in [-0.2, 0) is 21.4 Å². The highest BCUT2D eigenvalue weighted by molar-refractivity contribution is 6.16. The van der Waals surface area contributed by atoms with E-state index >= 15 is 0 Å². The third kappa shape index (κ3) is 4.80. The largest absolute Gasteiger partial charge is 0.451 e. The van der Waals surface area contributed by atoms with Crippen molar-refractivity contribution in [3.8, 4) is 0 Å². The van der Waals surface area contributed by atoms with Crippen molar-refractivity contribution in [3.05, 3.63) is 65.7 Å². The van der Waals surface area contributed by atoms with E-state index in [2.05, 4.69) is 20.8 Å². The van der Waals surface area contributed by atoms with Gasteiger partial charge in [-0.05, 0) is 41.1 Å². The Hall–Kier alpha value is -4.08. The number of carbonyl (C=O) groups excluding carboxylic acids is 3. The quantitative estimate of drug-likeness (QED) is 0.485. The maximum absolute atomic E-state index is 12.6. The molecule has 0 radical (unpaired) electrons.